The summed E-state index contributed by atoms with van der Waals surface area (Å²) < 4.78 is 4.71. The van der Waals surface area contributed by atoms with Crippen molar-refractivity contribution in [3.63, 3.8) is 0 Å². The van der Waals surface area contributed by atoms with Crippen molar-refractivity contribution < 1.29 is 14.3 Å². The van der Waals surface area contributed by atoms with Gasteiger partial charge >= 0.3 is 5.97 Å². The largest absolute Gasteiger partial charge is 0.465 e. The third kappa shape index (κ3) is 3.64. The molecule has 0 aliphatic rings. The molecule has 1 amide bonds. The number of nitrogens with zero attached hydrogens (tertiary/aromatic N) is 3. The van der Waals surface area contributed by atoms with E-state index in [1.807, 2.05) is 12.1 Å². The van der Waals surface area contributed by atoms with Crippen LogP contribution in [0.25, 0.3) is 0 Å². The van der Waals surface area contributed by atoms with E-state index < -0.39 is 5.97 Å². The molecule has 7 nitrogen and oxygen atoms in total. The number of ether oxygens (including phenoxy) is 1. The van der Waals surface area contributed by atoms with Crippen LogP contribution in [0.5, 0.6) is 0 Å². The molecule has 0 saturated carbocycles. The van der Waals surface area contributed by atoms with Gasteiger partial charge in [0.25, 0.3) is 5.91 Å². The summed E-state index contributed by atoms with van der Waals surface area (Å²) in [7, 11) is 1.28. The molecule has 1 aromatic rings. The number of aromatic nitrogens is 1. The van der Waals surface area contributed by atoms with E-state index in [2.05, 4.69) is 4.98 Å². The number of hydrogen-bond donors (Lipinski definition) is 1. The zero-order valence-corrected chi connectivity index (χ0v) is 12.9. The molecule has 0 saturated heterocycles. The molecular formula is C15H18N4O3. The van der Waals surface area contributed by atoms with E-state index in [1.54, 1.807) is 13.8 Å². The SMILES string of the molecule is COC(=O)c1c(C)[nH]c(C(=O)N(CCC#N)CCC#N)c1C. The van der Waals surface area contributed by atoms with Gasteiger partial charge in [-0.1, -0.05) is 0 Å². The van der Waals surface area contributed by atoms with Gasteiger partial charge in [0.05, 0.1) is 37.7 Å². The minimum atomic E-state index is -0.508. The smallest absolute Gasteiger partial charge is 0.339 e. The van der Waals surface area contributed by atoms with Crippen LogP contribution in [0.3, 0.4) is 0 Å². The first-order valence-electron chi connectivity index (χ1n) is 6.78. The Labute approximate surface area is 129 Å². The third-order valence-electron chi connectivity index (χ3n) is 3.32. The van der Waals surface area contributed by atoms with Crippen LogP contribution in [0.1, 0.15) is 44.9 Å². The molecule has 0 fully saturated rings. The van der Waals surface area contributed by atoms with Gasteiger partial charge in [0.15, 0.2) is 0 Å². The number of aryl methyl sites for hydroxylation is 1. The molecule has 1 rings (SSSR count). The molecule has 0 radical (unpaired) electrons. The Morgan fingerprint density at radius 2 is 1.73 bits per heavy atom. The summed E-state index contributed by atoms with van der Waals surface area (Å²) in [6, 6.07) is 3.96. The minimum Gasteiger partial charge on any atom is -0.465 e. The van der Waals surface area contributed by atoms with Crippen molar-refractivity contribution in [2.45, 2.75) is 26.7 Å². The van der Waals surface area contributed by atoms with Gasteiger partial charge in [-0.3, -0.25) is 4.79 Å². The van der Waals surface area contributed by atoms with Gasteiger partial charge in [-0.2, -0.15) is 10.5 Å². The predicted molar refractivity (Wildman–Crippen MR) is 78.0 cm³/mol. The van der Waals surface area contributed by atoms with Crippen LogP contribution in [-0.2, 0) is 4.74 Å². The lowest BCUT2D eigenvalue weighted by atomic mass is 10.1. The second kappa shape index (κ2) is 7.84. The lowest BCUT2D eigenvalue weighted by molar-refractivity contribution is 0.0599. The second-order valence-electron chi connectivity index (χ2n) is 4.73. The van der Waals surface area contributed by atoms with E-state index in [0.29, 0.717) is 16.8 Å². The summed E-state index contributed by atoms with van der Waals surface area (Å²) in [5.74, 6) is -0.841. The molecule has 0 atom stereocenters. The highest BCUT2D eigenvalue weighted by molar-refractivity contribution is 6.00. The number of hydrogen-bond acceptors (Lipinski definition) is 5. The van der Waals surface area contributed by atoms with Crippen LogP contribution in [-0.4, -0.2) is 42.0 Å². The molecule has 1 N–H and O–H groups in total. The number of methoxy groups -OCH3 is 1. The number of H-pyrrole nitrogens is 1. The van der Waals surface area contributed by atoms with Gasteiger partial charge in [-0.15, -0.1) is 0 Å². The number of carbonyl (C=O) groups is 2. The van der Waals surface area contributed by atoms with Crippen molar-refractivity contribution in [3.05, 3.63) is 22.5 Å². The van der Waals surface area contributed by atoms with Crippen molar-refractivity contribution in [3.8, 4) is 12.1 Å². The summed E-state index contributed by atoms with van der Waals surface area (Å²) in [5, 5.41) is 17.4. The summed E-state index contributed by atoms with van der Waals surface area (Å²) in [6.45, 7) is 3.82. The highest BCUT2D eigenvalue weighted by Crippen LogP contribution is 2.20. The van der Waals surface area contributed by atoms with Gasteiger partial charge < -0.3 is 14.6 Å². The standard InChI is InChI=1S/C15H18N4O3/c1-10-12(15(21)22-3)11(2)18-13(10)14(20)19(8-4-6-16)9-5-7-17/h18H,4-5,8-9H2,1-3H3. The highest BCUT2D eigenvalue weighted by atomic mass is 16.5. The van der Waals surface area contributed by atoms with E-state index in [9.17, 15) is 9.59 Å². The molecule has 1 heterocycles. The second-order valence-corrected chi connectivity index (χ2v) is 4.73. The molecule has 0 aliphatic heterocycles. The molecular weight excluding hydrogens is 284 g/mol. The number of esters is 1. The molecule has 0 bridgehead atoms. The maximum atomic E-state index is 12.6. The molecule has 0 unspecified atom stereocenters. The zero-order chi connectivity index (χ0) is 16.7. The Morgan fingerprint density at radius 1 is 1.18 bits per heavy atom. The minimum absolute atomic E-state index is 0.180. The highest BCUT2D eigenvalue weighted by Gasteiger charge is 2.25. The number of amides is 1. The Hall–Kier alpha value is -2.80. The van der Waals surface area contributed by atoms with E-state index >= 15 is 0 Å². The molecule has 1 aromatic heterocycles. The average molecular weight is 302 g/mol. The Balaban J connectivity index is 3.11. The summed E-state index contributed by atoms with van der Waals surface area (Å²) in [6.07, 6.45) is 0.361. The number of rotatable bonds is 6. The Kier molecular flexibility index (Phi) is 6.15. The number of carbonyl (C=O) groups excluding carboxylic acids is 2. The first-order valence-corrected chi connectivity index (χ1v) is 6.78. The molecule has 116 valence electrons. The van der Waals surface area contributed by atoms with E-state index in [1.165, 1.54) is 12.0 Å². The van der Waals surface area contributed by atoms with Crippen molar-refractivity contribution in [2.75, 3.05) is 20.2 Å². The van der Waals surface area contributed by atoms with Gasteiger partial charge in [0.1, 0.15) is 5.69 Å². The third-order valence-corrected chi connectivity index (χ3v) is 3.32. The maximum Gasteiger partial charge on any atom is 0.339 e. The number of nitriles is 2. The quantitative estimate of drug-likeness (QED) is 0.804. The summed E-state index contributed by atoms with van der Waals surface area (Å²) in [5.41, 5.74) is 1.68. The lowest BCUT2D eigenvalue weighted by Crippen LogP contribution is -2.33. The first kappa shape index (κ1) is 17.3. The van der Waals surface area contributed by atoms with Crippen molar-refractivity contribution in [1.29, 1.82) is 10.5 Å². The molecule has 0 aliphatic carbocycles. The topological polar surface area (TPSA) is 110 Å². The van der Waals surface area contributed by atoms with Gasteiger partial charge in [0, 0.05) is 18.8 Å². The molecule has 22 heavy (non-hydrogen) atoms. The van der Waals surface area contributed by atoms with Crippen LogP contribution in [0.15, 0.2) is 0 Å². The lowest BCUT2D eigenvalue weighted by Gasteiger charge is -2.20. The van der Waals surface area contributed by atoms with Gasteiger partial charge in [-0.25, -0.2) is 4.79 Å². The van der Waals surface area contributed by atoms with E-state index in [0.717, 1.165) is 0 Å². The van der Waals surface area contributed by atoms with Crippen LogP contribution in [0, 0.1) is 36.5 Å². The maximum absolute atomic E-state index is 12.6. The van der Waals surface area contributed by atoms with E-state index in [-0.39, 0.29) is 37.5 Å². The summed E-state index contributed by atoms with van der Waals surface area (Å²) >= 11 is 0. The van der Waals surface area contributed by atoms with Crippen molar-refractivity contribution in [2.24, 2.45) is 0 Å². The van der Waals surface area contributed by atoms with E-state index in [4.69, 9.17) is 15.3 Å². The van der Waals surface area contributed by atoms with Crippen molar-refractivity contribution in [1.82, 2.24) is 9.88 Å². The molecule has 0 aromatic carbocycles. The summed E-state index contributed by atoms with van der Waals surface area (Å²) in [4.78, 5) is 28.7. The zero-order valence-electron chi connectivity index (χ0n) is 12.9. The van der Waals surface area contributed by atoms with Crippen LogP contribution in [0.4, 0.5) is 0 Å². The van der Waals surface area contributed by atoms with Crippen LogP contribution < -0.4 is 0 Å². The van der Waals surface area contributed by atoms with Gasteiger partial charge in [-0.05, 0) is 19.4 Å². The number of nitrogens with one attached hydrogen (secondary N) is 1. The molecule has 0 spiro atoms. The fourth-order valence-electron chi connectivity index (χ4n) is 2.22. The number of aromatic amines is 1. The van der Waals surface area contributed by atoms with Crippen molar-refractivity contribution >= 4 is 11.9 Å². The average Bonchev–Trinajstić information content (AvgIpc) is 2.81. The van der Waals surface area contributed by atoms with Gasteiger partial charge in [0.2, 0.25) is 0 Å². The predicted octanol–water partition coefficient (Wildman–Crippen LogP) is 1.69. The molecule has 7 heteroatoms. The normalized spacial score (nSPS) is 9.68. The fourth-order valence-corrected chi connectivity index (χ4v) is 2.22. The van der Waals surface area contributed by atoms with Crippen LogP contribution in [0.2, 0.25) is 0 Å². The first-order chi connectivity index (χ1) is 10.5. The fraction of sp³-hybridized carbons (Fsp3) is 0.467. The Bertz CT molecular complexity index is 631. The van der Waals surface area contributed by atoms with Crippen LogP contribution >= 0.6 is 0 Å². The monoisotopic (exact) mass is 302 g/mol. The Morgan fingerprint density at radius 3 is 2.18 bits per heavy atom.